The molecule has 0 unspecified atom stereocenters. The van der Waals surface area contributed by atoms with Crippen LogP contribution in [0.15, 0.2) is 42.5 Å². The highest BCUT2D eigenvalue weighted by Crippen LogP contribution is 2.13. The van der Waals surface area contributed by atoms with E-state index in [2.05, 4.69) is 16.0 Å². The second-order valence-electron chi connectivity index (χ2n) is 5.46. The fourth-order valence-corrected chi connectivity index (χ4v) is 2.19. The molecule has 142 valence electrons. The number of benzene rings is 2. The molecule has 0 saturated carbocycles. The molecular formula is C18H16ClF2N3O3. The lowest BCUT2D eigenvalue weighted by Crippen LogP contribution is -2.35. The number of carbonyl (C=O) groups is 3. The molecule has 0 aliphatic carbocycles. The molecule has 0 saturated heterocycles. The lowest BCUT2D eigenvalue weighted by atomic mass is 10.2. The first-order valence-corrected chi connectivity index (χ1v) is 8.28. The maximum absolute atomic E-state index is 13.5. The number of halogens is 3. The summed E-state index contributed by atoms with van der Waals surface area (Å²) in [4.78, 5) is 35.2. The molecule has 0 aromatic heterocycles. The van der Waals surface area contributed by atoms with Gasteiger partial charge in [-0.05, 0) is 36.4 Å². The molecular weight excluding hydrogens is 380 g/mol. The second kappa shape index (κ2) is 9.63. The molecule has 3 N–H and O–H groups in total. The van der Waals surface area contributed by atoms with Crippen LogP contribution < -0.4 is 16.0 Å². The lowest BCUT2D eigenvalue weighted by molar-refractivity contribution is -0.124. The first-order valence-electron chi connectivity index (χ1n) is 7.90. The molecule has 0 aliphatic rings. The minimum absolute atomic E-state index is 0.0692. The first-order chi connectivity index (χ1) is 12.8. The van der Waals surface area contributed by atoms with Gasteiger partial charge in [0.05, 0.1) is 12.1 Å². The van der Waals surface area contributed by atoms with Gasteiger partial charge in [0.2, 0.25) is 11.8 Å². The lowest BCUT2D eigenvalue weighted by Gasteiger charge is -2.08. The standard InChI is InChI=1S/C18H16ClF2N3O3/c19-11-1-4-13(5-2-11)24-17(26)10-23-16(25)7-8-22-18(27)14-6-3-12(20)9-15(14)21/h1-6,9H,7-8,10H2,(H,22,27)(H,23,25)(H,24,26). The van der Waals surface area contributed by atoms with Crippen LogP contribution in [-0.2, 0) is 9.59 Å². The zero-order valence-corrected chi connectivity index (χ0v) is 14.8. The maximum Gasteiger partial charge on any atom is 0.254 e. The van der Waals surface area contributed by atoms with Crippen molar-refractivity contribution in [2.24, 2.45) is 0 Å². The number of rotatable bonds is 7. The van der Waals surface area contributed by atoms with Gasteiger partial charge in [0.25, 0.3) is 5.91 Å². The van der Waals surface area contributed by atoms with Gasteiger partial charge < -0.3 is 16.0 Å². The van der Waals surface area contributed by atoms with E-state index in [0.29, 0.717) is 16.8 Å². The molecule has 0 radical (unpaired) electrons. The van der Waals surface area contributed by atoms with Crippen LogP contribution in [0.5, 0.6) is 0 Å². The molecule has 0 bridgehead atoms. The molecule has 2 rings (SSSR count). The van der Waals surface area contributed by atoms with Crippen molar-refractivity contribution in [1.29, 1.82) is 0 Å². The number of amides is 3. The molecule has 0 spiro atoms. The Morgan fingerprint density at radius 2 is 1.63 bits per heavy atom. The van der Waals surface area contributed by atoms with Gasteiger partial charge >= 0.3 is 0 Å². The number of nitrogens with one attached hydrogen (secondary N) is 3. The molecule has 6 nitrogen and oxygen atoms in total. The summed E-state index contributed by atoms with van der Waals surface area (Å²) in [6.45, 7) is -0.317. The van der Waals surface area contributed by atoms with Crippen LogP contribution in [-0.4, -0.2) is 30.8 Å². The van der Waals surface area contributed by atoms with E-state index in [1.807, 2.05) is 0 Å². The summed E-state index contributed by atoms with van der Waals surface area (Å²) in [5.74, 6) is -3.44. The molecule has 27 heavy (non-hydrogen) atoms. The van der Waals surface area contributed by atoms with Crippen molar-refractivity contribution in [2.75, 3.05) is 18.4 Å². The van der Waals surface area contributed by atoms with E-state index in [-0.39, 0.29) is 25.1 Å². The number of carbonyl (C=O) groups excluding carboxylic acids is 3. The van der Waals surface area contributed by atoms with E-state index < -0.39 is 29.4 Å². The van der Waals surface area contributed by atoms with Gasteiger partial charge in [0.1, 0.15) is 11.6 Å². The van der Waals surface area contributed by atoms with E-state index in [1.54, 1.807) is 24.3 Å². The Bertz CT molecular complexity index is 844. The van der Waals surface area contributed by atoms with Crippen LogP contribution in [0.2, 0.25) is 5.02 Å². The zero-order chi connectivity index (χ0) is 19.8. The molecule has 9 heteroatoms. The van der Waals surface area contributed by atoms with Gasteiger partial charge in [0, 0.05) is 29.7 Å². The second-order valence-corrected chi connectivity index (χ2v) is 5.90. The van der Waals surface area contributed by atoms with Crippen LogP contribution in [0, 0.1) is 11.6 Å². The Balaban J connectivity index is 1.69. The van der Waals surface area contributed by atoms with Crippen molar-refractivity contribution in [3.63, 3.8) is 0 Å². The number of hydrogen-bond acceptors (Lipinski definition) is 3. The molecule has 2 aromatic carbocycles. The first kappa shape index (κ1) is 20.3. The van der Waals surface area contributed by atoms with Gasteiger partial charge in [-0.1, -0.05) is 11.6 Å². The summed E-state index contributed by atoms with van der Waals surface area (Å²) in [5, 5.41) is 7.85. The maximum atomic E-state index is 13.5. The third-order valence-corrected chi connectivity index (χ3v) is 3.64. The highest BCUT2D eigenvalue weighted by Gasteiger charge is 2.13. The van der Waals surface area contributed by atoms with Crippen molar-refractivity contribution in [2.45, 2.75) is 6.42 Å². The molecule has 2 aromatic rings. The monoisotopic (exact) mass is 395 g/mol. The van der Waals surface area contributed by atoms with Gasteiger partial charge in [-0.2, -0.15) is 0 Å². The molecule has 0 aliphatic heterocycles. The minimum Gasteiger partial charge on any atom is -0.351 e. The van der Waals surface area contributed by atoms with Crippen LogP contribution in [0.1, 0.15) is 16.8 Å². The Morgan fingerprint density at radius 3 is 2.30 bits per heavy atom. The molecule has 0 fully saturated rings. The smallest absolute Gasteiger partial charge is 0.254 e. The van der Waals surface area contributed by atoms with E-state index in [1.165, 1.54) is 0 Å². The summed E-state index contributed by atoms with van der Waals surface area (Å²) < 4.78 is 26.3. The van der Waals surface area contributed by atoms with E-state index >= 15 is 0 Å². The Hall–Kier alpha value is -3.00. The van der Waals surface area contributed by atoms with Gasteiger partial charge in [-0.15, -0.1) is 0 Å². The van der Waals surface area contributed by atoms with E-state index in [4.69, 9.17) is 11.6 Å². The molecule has 0 atom stereocenters. The highest BCUT2D eigenvalue weighted by atomic mass is 35.5. The fraction of sp³-hybridized carbons (Fsp3) is 0.167. The average Bonchev–Trinajstić information content (AvgIpc) is 2.62. The summed E-state index contributed by atoms with van der Waals surface area (Å²) in [6, 6.07) is 9.04. The third-order valence-electron chi connectivity index (χ3n) is 3.39. The largest absolute Gasteiger partial charge is 0.351 e. The third kappa shape index (κ3) is 6.67. The summed E-state index contributed by atoms with van der Waals surface area (Å²) in [6.07, 6.45) is -0.108. The van der Waals surface area contributed by atoms with Crippen molar-refractivity contribution < 1.29 is 23.2 Å². The van der Waals surface area contributed by atoms with Gasteiger partial charge in [-0.25, -0.2) is 8.78 Å². The van der Waals surface area contributed by atoms with Gasteiger partial charge in [0.15, 0.2) is 0 Å². The molecule has 3 amide bonds. The molecule has 0 heterocycles. The topological polar surface area (TPSA) is 87.3 Å². The summed E-state index contributed by atoms with van der Waals surface area (Å²) in [5.41, 5.74) is 0.214. The Labute approximate surface area is 158 Å². The highest BCUT2D eigenvalue weighted by molar-refractivity contribution is 6.30. The van der Waals surface area contributed by atoms with Crippen molar-refractivity contribution >= 4 is 35.0 Å². The zero-order valence-electron chi connectivity index (χ0n) is 14.0. The van der Waals surface area contributed by atoms with Crippen molar-refractivity contribution in [3.05, 3.63) is 64.7 Å². The summed E-state index contributed by atoms with van der Waals surface area (Å²) >= 11 is 5.74. The summed E-state index contributed by atoms with van der Waals surface area (Å²) in [7, 11) is 0. The van der Waals surface area contributed by atoms with Crippen molar-refractivity contribution in [3.8, 4) is 0 Å². The average molecular weight is 396 g/mol. The SMILES string of the molecule is O=C(CCNC(=O)c1ccc(F)cc1F)NCC(=O)Nc1ccc(Cl)cc1. The number of anilines is 1. The Kier molecular flexibility index (Phi) is 7.25. The van der Waals surface area contributed by atoms with Crippen LogP contribution in [0.25, 0.3) is 0 Å². The predicted octanol–water partition coefficient (Wildman–Crippen LogP) is 2.49. The van der Waals surface area contributed by atoms with Crippen LogP contribution >= 0.6 is 11.6 Å². The minimum atomic E-state index is -0.990. The Morgan fingerprint density at radius 1 is 0.926 bits per heavy atom. The number of hydrogen-bond donors (Lipinski definition) is 3. The predicted molar refractivity (Wildman–Crippen MR) is 96.4 cm³/mol. The van der Waals surface area contributed by atoms with Gasteiger partial charge in [-0.3, -0.25) is 14.4 Å². The normalized spacial score (nSPS) is 10.2. The fourth-order valence-electron chi connectivity index (χ4n) is 2.06. The van der Waals surface area contributed by atoms with Crippen molar-refractivity contribution in [1.82, 2.24) is 10.6 Å². The van der Waals surface area contributed by atoms with Crippen LogP contribution in [0.3, 0.4) is 0 Å². The quantitative estimate of drug-likeness (QED) is 0.673. The van der Waals surface area contributed by atoms with E-state index in [0.717, 1.165) is 12.1 Å². The van der Waals surface area contributed by atoms with E-state index in [9.17, 15) is 23.2 Å². The van der Waals surface area contributed by atoms with Crippen LogP contribution in [0.4, 0.5) is 14.5 Å².